The number of hydrogen-bond acceptors (Lipinski definition) is 6. The van der Waals surface area contributed by atoms with Crippen LogP contribution in [0.5, 0.6) is 0 Å². The van der Waals surface area contributed by atoms with Crippen molar-refractivity contribution in [3.63, 3.8) is 0 Å². The molecule has 0 spiro atoms. The molecule has 0 aromatic heterocycles. The van der Waals surface area contributed by atoms with Gasteiger partial charge in [-0.15, -0.1) is 10.2 Å². The lowest BCUT2D eigenvalue weighted by Crippen LogP contribution is -2.68. The van der Waals surface area contributed by atoms with Crippen LogP contribution in [0, 0.1) is 15.2 Å². The summed E-state index contributed by atoms with van der Waals surface area (Å²) < 4.78 is 40.5. The van der Waals surface area contributed by atoms with E-state index in [9.17, 15) is 4.91 Å². The highest BCUT2D eigenvalue weighted by atomic mass is 35.7. The Hall–Kier alpha value is -0.310. The molecule has 1 heterocycles. The molecule has 0 aliphatic carbocycles. The molecule has 1 aliphatic rings. The van der Waals surface area contributed by atoms with Crippen molar-refractivity contribution in [3.8, 4) is 0 Å². The zero-order valence-electron chi connectivity index (χ0n) is 11.3. The molecule has 8 heteroatoms. The Kier molecular flexibility index (Phi) is 5.67. The smallest absolute Gasteiger partial charge is 0.208 e. The maximum absolute atomic E-state index is 11.9. The average molecular weight is 286 g/mol. The Bertz CT molecular complexity index is 273. The van der Waals surface area contributed by atoms with Gasteiger partial charge in [-0.25, -0.2) is 18.6 Å². The van der Waals surface area contributed by atoms with Gasteiger partial charge in [0, 0.05) is 57.3 Å². The molecule has 18 heavy (non-hydrogen) atoms. The van der Waals surface area contributed by atoms with Crippen LogP contribution < -0.4 is 18.6 Å². The van der Waals surface area contributed by atoms with Crippen LogP contribution in [0.3, 0.4) is 0 Å². The summed E-state index contributed by atoms with van der Waals surface area (Å²) in [5, 5.41) is 0. The third kappa shape index (κ3) is 6.03. The molecule has 0 atom stereocenters. The van der Waals surface area contributed by atoms with Crippen LogP contribution in [0.15, 0.2) is 0 Å². The van der Waals surface area contributed by atoms with Crippen molar-refractivity contribution in [1.29, 1.82) is 0 Å². The highest BCUT2D eigenvalue weighted by molar-refractivity contribution is 4.86. The minimum Gasteiger partial charge on any atom is -0.381 e. The van der Waals surface area contributed by atoms with Gasteiger partial charge in [-0.3, -0.25) is 0 Å². The summed E-state index contributed by atoms with van der Waals surface area (Å²) in [6, 6.07) is 0. The number of halogens is 1. The van der Waals surface area contributed by atoms with Crippen LogP contribution in [0.4, 0.5) is 0 Å². The molecule has 7 nitrogen and oxygen atoms in total. The van der Waals surface area contributed by atoms with Crippen molar-refractivity contribution < 1.29 is 38.4 Å². The first kappa shape index (κ1) is 17.7. The zero-order valence-corrected chi connectivity index (χ0v) is 12.0. The molecule has 108 valence electrons. The Balaban J connectivity index is 0.000000494. The Morgan fingerprint density at radius 3 is 1.56 bits per heavy atom. The maximum atomic E-state index is 11.9. The molecule has 0 aromatic rings. The lowest BCUT2D eigenvalue weighted by atomic mass is 9.80. The summed E-state index contributed by atoms with van der Waals surface area (Å²) in [6.45, 7) is 7.92. The van der Waals surface area contributed by atoms with Crippen LogP contribution in [0.1, 0.15) is 40.5 Å². The van der Waals surface area contributed by atoms with E-state index in [2.05, 4.69) is 0 Å². The minimum atomic E-state index is -4.94. The predicted octanol–water partition coefficient (Wildman–Crippen LogP) is -2.62. The first-order chi connectivity index (χ1) is 7.79. The minimum absolute atomic E-state index is 0.218. The van der Waals surface area contributed by atoms with E-state index in [-0.39, 0.29) is 17.2 Å². The molecule has 0 amide bonds. The van der Waals surface area contributed by atoms with Crippen molar-refractivity contribution in [1.82, 2.24) is 0 Å². The van der Waals surface area contributed by atoms with E-state index in [1.807, 2.05) is 27.7 Å². The van der Waals surface area contributed by atoms with E-state index in [1.54, 1.807) is 7.11 Å². The first-order valence-corrected chi connectivity index (χ1v) is 6.65. The summed E-state index contributed by atoms with van der Waals surface area (Å²) >= 11 is 0. The third-order valence-electron chi connectivity index (χ3n) is 2.89. The summed E-state index contributed by atoms with van der Waals surface area (Å²) in [5.74, 6) is 0. The highest BCUT2D eigenvalue weighted by Crippen LogP contribution is 2.35. The number of nitrogens with zero attached hydrogens (tertiary/aromatic N) is 1. The molecule has 1 fully saturated rings. The van der Waals surface area contributed by atoms with Crippen molar-refractivity contribution >= 4 is 0 Å². The van der Waals surface area contributed by atoms with Gasteiger partial charge in [0.1, 0.15) is 0 Å². The van der Waals surface area contributed by atoms with Crippen molar-refractivity contribution in [2.75, 3.05) is 7.11 Å². The normalized spacial score (nSPS) is 23.3. The van der Waals surface area contributed by atoms with Gasteiger partial charge in [0.15, 0.2) is 0 Å². The Morgan fingerprint density at radius 2 is 1.33 bits per heavy atom. The van der Waals surface area contributed by atoms with Crippen LogP contribution in [-0.4, -0.2) is 29.1 Å². The van der Waals surface area contributed by atoms with E-state index in [0.717, 1.165) is 12.8 Å². The van der Waals surface area contributed by atoms with E-state index < -0.39 is 10.2 Å². The monoisotopic (exact) mass is 285 g/mol. The molecule has 0 bridgehead atoms. The van der Waals surface area contributed by atoms with Gasteiger partial charge in [-0.1, -0.05) is 0 Å². The van der Waals surface area contributed by atoms with Gasteiger partial charge >= 0.3 is 0 Å². The quantitative estimate of drug-likeness (QED) is 0.486. The maximum Gasteiger partial charge on any atom is 0.208 e. The summed E-state index contributed by atoms with van der Waals surface area (Å²) in [4.78, 5) is 11.9. The number of methoxy groups -OCH3 is 1. The van der Waals surface area contributed by atoms with Gasteiger partial charge in [0.25, 0.3) is 0 Å². The number of rotatable bonds is 1. The second kappa shape index (κ2) is 5.77. The molecular formula is C10H20ClNO6. The molecule has 1 rings (SSSR count). The van der Waals surface area contributed by atoms with Crippen molar-refractivity contribution in [2.45, 2.75) is 57.7 Å². The largest absolute Gasteiger partial charge is 0.381 e. The van der Waals surface area contributed by atoms with Gasteiger partial charge < -0.3 is 4.74 Å². The lowest BCUT2D eigenvalue weighted by molar-refractivity contribution is -2.00. The molecule has 0 radical (unpaired) electrons. The molecule has 1 aliphatic heterocycles. The molecule has 0 aromatic carbocycles. The Morgan fingerprint density at radius 1 is 1.06 bits per heavy atom. The zero-order chi connectivity index (χ0) is 14.8. The molecule has 1 saturated heterocycles. The van der Waals surface area contributed by atoms with Crippen LogP contribution in [-0.2, 0) is 4.74 Å². The van der Waals surface area contributed by atoms with Crippen LogP contribution >= 0.6 is 0 Å². The first-order valence-electron chi connectivity index (χ1n) is 5.41. The third-order valence-corrected chi connectivity index (χ3v) is 2.89. The van der Waals surface area contributed by atoms with E-state index in [4.69, 9.17) is 23.4 Å². The van der Waals surface area contributed by atoms with Crippen LogP contribution in [0.2, 0.25) is 0 Å². The van der Waals surface area contributed by atoms with Crippen molar-refractivity contribution in [2.24, 2.45) is 0 Å². The number of hydrogen-bond donors (Lipinski definition) is 0. The fourth-order valence-electron chi connectivity index (χ4n) is 2.34. The predicted molar refractivity (Wildman–Crippen MR) is 51.8 cm³/mol. The van der Waals surface area contributed by atoms with Gasteiger partial charge in [-0.05, 0) is 0 Å². The highest BCUT2D eigenvalue weighted by Gasteiger charge is 2.53. The SMILES string of the molecule is COC1CC(C)(C)[N+](=O)C(C)(C)C1.[O-][Cl+3]([O-])([O-])[O-]. The fourth-order valence-corrected chi connectivity index (χ4v) is 2.34. The lowest BCUT2D eigenvalue weighted by Gasteiger charge is -2.35. The molecule has 0 saturated carbocycles. The summed E-state index contributed by atoms with van der Waals surface area (Å²) in [5.41, 5.74) is -0.606. The molecule has 0 unspecified atom stereocenters. The number of piperidine rings is 1. The number of nitroso groups, excluding NO2 is 1. The molecular weight excluding hydrogens is 266 g/mol. The van der Waals surface area contributed by atoms with E-state index in [0.29, 0.717) is 0 Å². The van der Waals surface area contributed by atoms with Gasteiger partial charge in [0.05, 0.1) is 6.10 Å². The van der Waals surface area contributed by atoms with E-state index in [1.165, 1.54) is 4.76 Å². The Labute approximate surface area is 109 Å². The summed E-state index contributed by atoms with van der Waals surface area (Å²) in [7, 11) is -3.22. The van der Waals surface area contributed by atoms with Gasteiger partial charge in [0.2, 0.25) is 11.1 Å². The average Bonchev–Trinajstić information content (AvgIpc) is 2.10. The fraction of sp³-hybridized carbons (Fsp3) is 1.00. The summed E-state index contributed by atoms with van der Waals surface area (Å²) in [6.07, 6.45) is 1.85. The standard InChI is InChI=1S/C10H20NO2.ClHO4/c1-9(2)6-8(13-5)7-10(3,4)11(9)12;2-1(3,4)5/h8H,6-7H2,1-5H3;(H,2,3,4,5)/q+1;/p-1. The van der Waals surface area contributed by atoms with E-state index >= 15 is 0 Å². The topological polar surface area (TPSA) is 122 Å². The van der Waals surface area contributed by atoms with Crippen LogP contribution in [0.25, 0.3) is 0 Å². The number of ether oxygens (including phenoxy) is 1. The second-order valence-electron chi connectivity index (χ2n) is 5.56. The van der Waals surface area contributed by atoms with Gasteiger partial charge in [-0.2, -0.15) is 0 Å². The molecule has 0 N–H and O–H groups in total. The van der Waals surface area contributed by atoms with Crippen molar-refractivity contribution in [3.05, 3.63) is 4.91 Å². The second-order valence-corrected chi connectivity index (χ2v) is 6.32.